The molecule has 0 aromatic heterocycles. The van der Waals surface area contributed by atoms with Crippen molar-refractivity contribution in [2.45, 2.75) is 26.3 Å². The van der Waals surface area contributed by atoms with Gasteiger partial charge in [-0.15, -0.1) is 11.8 Å². The van der Waals surface area contributed by atoms with E-state index in [1.165, 1.54) is 16.1 Å². The van der Waals surface area contributed by atoms with Crippen LogP contribution in [-0.2, 0) is 19.6 Å². The molecule has 2 N–H and O–H groups in total. The van der Waals surface area contributed by atoms with Gasteiger partial charge in [-0.05, 0) is 12.3 Å². The van der Waals surface area contributed by atoms with E-state index in [1.807, 2.05) is 13.8 Å². The SMILES string of the molecule is CC(C)C(C(=O)NCCSCC(=O)O)N1CCCS1(=O)=O. The Bertz CT molecular complexity index is 478. The number of carboxylic acid groups (broad SMARTS) is 1. The van der Waals surface area contributed by atoms with Gasteiger partial charge in [0.15, 0.2) is 0 Å². The van der Waals surface area contributed by atoms with E-state index in [9.17, 15) is 18.0 Å². The number of amides is 1. The molecule has 1 heterocycles. The molecule has 122 valence electrons. The fraction of sp³-hybridized carbons (Fsp3) is 0.833. The van der Waals surface area contributed by atoms with Crippen LogP contribution in [0, 0.1) is 5.92 Å². The minimum Gasteiger partial charge on any atom is -0.481 e. The lowest BCUT2D eigenvalue weighted by molar-refractivity contribution is -0.134. The molecule has 0 spiro atoms. The number of nitrogens with one attached hydrogen (secondary N) is 1. The molecule has 0 saturated carbocycles. The number of rotatable bonds is 8. The molecule has 1 amide bonds. The summed E-state index contributed by atoms with van der Waals surface area (Å²) < 4.78 is 25.2. The van der Waals surface area contributed by atoms with E-state index in [0.717, 1.165) is 0 Å². The zero-order chi connectivity index (χ0) is 16.0. The predicted molar refractivity (Wildman–Crippen MR) is 81.7 cm³/mol. The summed E-state index contributed by atoms with van der Waals surface area (Å²) in [4.78, 5) is 22.6. The first-order valence-corrected chi connectivity index (χ1v) is 9.59. The first-order chi connectivity index (χ1) is 9.75. The maximum Gasteiger partial charge on any atom is 0.313 e. The lowest BCUT2D eigenvalue weighted by Crippen LogP contribution is -2.50. The lowest BCUT2D eigenvalue weighted by atomic mass is 10.0. The van der Waals surface area contributed by atoms with Gasteiger partial charge in [-0.25, -0.2) is 8.42 Å². The molecule has 0 aliphatic carbocycles. The average Bonchev–Trinajstić information content (AvgIpc) is 2.68. The fourth-order valence-corrected chi connectivity index (χ4v) is 4.63. The summed E-state index contributed by atoms with van der Waals surface area (Å²) in [5.41, 5.74) is 0. The summed E-state index contributed by atoms with van der Waals surface area (Å²) in [5, 5.41) is 11.2. The number of aliphatic carboxylic acids is 1. The normalized spacial score (nSPS) is 19.6. The third-order valence-corrected chi connectivity index (χ3v) is 5.99. The van der Waals surface area contributed by atoms with Crippen molar-refractivity contribution in [2.75, 3.05) is 30.3 Å². The van der Waals surface area contributed by atoms with Gasteiger partial charge >= 0.3 is 5.97 Å². The third kappa shape index (κ3) is 5.48. The third-order valence-electron chi connectivity index (χ3n) is 3.12. The van der Waals surface area contributed by atoms with E-state index in [-0.39, 0.29) is 23.3 Å². The Balaban J connectivity index is 2.53. The van der Waals surface area contributed by atoms with Crippen LogP contribution in [0.4, 0.5) is 0 Å². The molecule has 9 heteroatoms. The van der Waals surface area contributed by atoms with Crippen molar-refractivity contribution in [3.8, 4) is 0 Å². The molecule has 1 unspecified atom stereocenters. The highest BCUT2D eigenvalue weighted by atomic mass is 32.2. The quantitative estimate of drug-likeness (QED) is 0.603. The number of hydrogen-bond donors (Lipinski definition) is 2. The van der Waals surface area contributed by atoms with Crippen LogP contribution in [0.1, 0.15) is 20.3 Å². The van der Waals surface area contributed by atoms with Crippen molar-refractivity contribution in [2.24, 2.45) is 5.92 Å². The largest absolute Gasteiger partial charge is 0.481 e. The van der Waals surface area contributed by atoms with Crippen molar-refractivity contribution in [1.29, 1.82) is 0 Å². The van der Waals surface area contributed by atoms with E-state index in [1.54, 1.807) is 0 Å². The van der Waals surface area contributed by atoms with E-state index < -0.39 is 22.0 Å². The van der Waals surface area contributed by atoms with Crippen LogP contribution in [0.2, 0.25) is 0 Å². The highest BCUT2D eigenvalue weighted by molar-refractivity contribution is 7.99. The number of carbonyl (C=O) groups excluding carboxylic acids is 1. The highest BCUT2D eigenvalue weighted by Crippen LogP contribution is 2.22. The molecule has 21 heavy (non-hydrogen) atoms. The molecule has 0 aromatic rings. The van der Waals surface area contributed by atoms with Gasteiger partial charge in [-0.3, -0.25) is 9.59 Å². The average molecular weight is 338 g/mol. The van der Waals surface area contributed by atoms with Gasteiger partial charge in [0, 0.05) is 18.8 Å². The fourth-order valence-electron chi connectivity index (χ4n) is 2.25. The standard InChI is InChI=1S/C12H22N2O5S2/c1-9(2)11(14-5-3-7-21(14,18)19)12(17)13-4-6-20-8-10(15)16/h9,11H,3-8H2,1-2H3,(H,13,17)(H,15,16). The van der Waals surface area contributed by atoms with E-state index >= 15 is 0 Å². The molecule has 0 aromatic carbocycles. The minimum absolute atomic E-state index is 0.00994. The van der Waals surface area contributed by atoms with Gasteiger partial charge in [-0.2, -0.15) is 4.31 Å². The first kappa shape index (κ1) is 18.2. The predicted octanol–water partition coefficient (Wildman–Crippen LogP) is -0.0195. The number of carbonyl (C=O) groups is 2. The van der Waals surface area contributed by atoms with E-state index in [4.69, 9.17) is 5.11 Å². The first-order valence-electron chi connectivity index (χ1n) is 6.82. The van der Waals surface area contributed by atoms with Gasteiger partial charge in [0.25, 0.3) is 0 Å². The summed E-state index contributed by atoms with van der Waals surface area (Å²) in [5.74, 6) is -0.761. The molecule has 1 rings (SSSR count). The van der Waals surface area contributed by atoms with Crippen LogP contribution in [0.25, 0.3) is 0 Å². The Kier molecular flexibility index (Phi) is 6.95. The maximum atomic E-state index is 12.2. The minimum atomic E-state index is -3.33. The van der Waals surface area contributed by atoms with Crippen LogP contribution in [0.15, 0.2) is 0 Å². The van der Waals surface area contributed by atoms with Gasteiger partial charge in [0.05, 0.1) is 11.5 Å². The molecule has 1 saturated heterocycles. The Morgan fingerprint density at radius 2 is 2.05 bits per heavy atom. The second kappa shape index (κ2) is 8.00. The zero-order valence-corrected chi connectivity index (χ0v) is 13.9. The Morgan fingerprint density at radius 1 is 1.38 bits per heavy atom. The molecule has 1 fully saturated rings. The molecule has 7 nitrogen and oxygen atoms in total. The Morgan fingerprint density at radius 3 is 2.52 bits per heavy atom. The molecule has 0 radical (unpaired) electrons. The zero-order valence-electron chi connectivity index (χ0n) is 12.2. The second-order valence-electron chi connectivity index (χ2n) is 5.21. The highest BCUT2D eigenvalue weighted by Gasteiger charge is 2.39. The van der Waals surface area contributed by atoms with Gasteiger partial charge in [-0.1, -0.05) is 13.8 Å². The molecule has 1 aliphatic rings. The van der Waals surface area contributed by atoms with Gasteiger partial charge in [0.1, 0.15) is 6.04 Å². The van der Waals surface area contributed by atoms with Crippen molar-refractivity contribution in [3.05, 3.63) is 0 Å². The number of thioether (sulfide) groups is 1. The Hall–Kier alpha value is -0.800. The van der Waals surface area contributed by atoms with Crippen LogP contribution in [0.5, 0.6) is 0 Å². The van der Waals surface area contributed by atoms with Crippen molar-refractivity contribution in [1.82, 2.24) is 9.62 Å². The lowest BCUT2D eigenvalue weighted by Gasteiger charge is -2.28. The summed E-state index contributed by atoms with van der Waals surface area (Å²) in [6.07, 6.45) is 0.549. The smallest absolute Gasteiger partial charge is 0.313 e. The van der Waals surface area contributed by atoms with Crippen LogP contribution in [0.3, 0.4) is 0 Å². The molecular weight excluding hydrogens is 316 g/mol. The van der Waals surface area contributed by atoms with Crippen LogP contribution >= 0.6 is 11.8 Å². The molecular formula is C12H22N2O5S2. The van der Waals surface area contributed by atoms with E-state index in [2.05, 4.69) is 5.32 Å². The van der Waals surface area contributed by atoms with Crippen molar-refractivity contribution >= 4 is 33.7 Å². The summed E-state index contributed by atoms with van der Waals surface area (Å²) in [7, 11) is -3.33. The van der Waals surface area contributed by atoms with Crippen molar-refractivity contribution < 1.29 is 23.1 Å². The summed E-state index contributed by atoms with van der Waals surface area (Å²) in [6, 6.07) is -0.693. The maximum absolute atomic E-state index is 12.2. The summed E-state index contributed by atoms with van der Waals surface area (Å²) in [6.45, 7) is 4.34. The monoisotopic (exact) mass is 338 g/mol. The van der Waals surface area contributed by atoms with Crippen LogP contribution in [-0.4, -0.2) is 66.1 Å². The molecule has 1 aliphatic heterocycles. The Labute approximate surface area is 129 Å². The number of nitrogens with zero attached hydrogens (tertiary/aromatic N) is 1. The molecule has 0 bridgehead atoms. The molecule has 1 atom stereocenters. The number of carboxylic acids is 1. The van der Waals surface area contributed by atoms with Gasteiger partial charge in [0.2, 0.25) is 15.9 Å². The number of hydrogen-bond acceptors (Lipinski definition) is 5. The van der Waals surface area contributed by atoms with Crippen LogP contribution < -0.4 is 5.32 Å². The van der Waals surface area contributed by atoms with Crippen molar-refractivity contribution in [3.63, 3.8) is 0 Å². The topological polar surface area (TPSA) is 104 Å². The van der Waals surface area contributed by atoms with Gasteiger partial charge < -0.3 is 10.4 Å². The van der Waals surface area contributed by atoms with E-state index in [0.29, 0.717) is 25.3 Å². The second-order valence-corrected chi connectivity index (χ2v) is 8.35. The summed E-state index contributed by atoms with van der Waals surface area (Å²) >= 11 is 1.21. The number of sulfonamides is 1.